The van der Waals surface area contributed by atoms with E-state index >= 15 is 0 Å². The van der Waals surface area contributed by atoms with Crippen LogP contribution in [0.4, 0.5) is 0 Å². The average Bonchev–Trinajstić information content (AvgIpc) is 2.58. The number of nitrogens with two attached hydrogens (primary N) is 1. The summed E-state index contributed by atoms with van der Waals surface area (Å²) in [5.74, 6) is 2.53. The van der Waals surface area contributed by atoms with Crippen molar-refractivity contribution in [3.05, 3.63) is 12.2 Å². The Morgan fingerprint density at radius 3 is 3.00 bits per heavy atom. The number of nitrogens with zero attached hydrogens (tertiary/aromatic N) is 3. The first-order chi connectivity index (χ1) is 7.16. The predicted molar refractivity (Wildman–Crippen MR) is 59.2 cm³/mol. The van der Waals surface area contributed by atoms with E-state index in [0.29, 0.717) is 12.0 Å². The maximum absolute atomic E-state index is 6.01. The molecule has 0 bridgehead atoms. The molecule has 4 heteroatoms. The van der Waals surface area contributed by atoms with E-state index in [1.54, 1.807) is 6.33 Å². The summed E-state index contributed by atoms with van der Waals surface area (Å²) in [5.41, 5.74) is 6.01. The molecule has 1 aromatic heterocycles. The third-order valence-electron chi connectivity index (χ3n) is 3.65. The lowest BCUT2D eigenvalue weighted by atomic mass is 9.76. The van der Waals surface area contributed by atoms with Gasteiger partial charge in [-0.2, -0.15) is 5.10 Å². The van der Waals surface area contributed by atoms with Crippen LogP contribution in [0.25, 0.3) is 0 Å². The van der Waals surface area contributed by atoms with Crippen molar-refractivity contribution in [2.24, 2.45) is 24.6 Å². The number of hydrogen-bond acceptors (Lipinski definition) is 3. The van der Waals surface area contributed by atoms with Crippen molar-refractivity contribution < 1.29 is 0 Å². The number of rotatable bonds is 2. The van der Waals surface area contributed by atoms with Crippen LogP contribution in [0.2, 0.25) is 0 Å². The van der Waals surface area contributed by atoms with Crippen LogP contribution < -0.4 is 5.73 Å². The molecule has 3 unspecified atom stereocenters. The van der Waals surface area contributed by atoms with Gasteiger partial charge in [-0.1, -0.05) is 6.92 Å². The van der Waals surface area contributed by atoms with Gasteiger partial charge in [-0.15, -0.1) is 0 Å². The van der Waals surface area contributed by atoms with E-state index in [-0.39, 0.29) is 0 Å². The third kappa shape index (κ3) is 2.37. The lowest BCUT2D eigenvalue weighted by molar-refractivity contribution is 0.227. The molecule has 1 saturated carbocycles. The van der Waals surface area contributed by atoms with Crippen LogP contribution in [0.3, 0.4) is 0 Å². The predicted octanol–water partition coefficient (Wildman–Crippen LogP) is 1.12. The Balaban J connectivity index is 2.01. The van der Waals surface area contributed by atoms with E-state index in [0.717, 1.165) is 24.6 Å². The Labute approximate surface area is 90.9 Å². The van der Waals surface area contributed by atoms with E-state index in [1.165, 1.54) is 12.8 Å². The molecule has 84 valence electrons. The van der Waals surface area contributed by atoms with Crippen LogP contribution >= 0.6 is 0 Å². The zero-order valence-corrected chi connectivity index (χ0v) is 9.56. The minimum Gasteiger partial charge on any atom is -0.328 e. The van der Waals surface area contributed by atoms with Gasteiger partial charge in [-0.3, -0.25) is 4.68 Å². The molecular weight excluding hydrogens is 188 g/mol. The monoisotopic (exact) mass is 208 g/mol. The largest absolute Gasteiger partial charge is 0.328 e. The quantitative estimate of drug-likeness (QED) is 0.792. The maximum atomic E-state index is 6.01. The molecule has 0 amide bonds. The minimum absolute atomic E-state index is 0.388. The van der Waals surface area contributed by atoms with Gasteiger partial charge in [-0.25, -0.2) is 4.98 Å². The highest BCUT2D eigenvalue weighted by Crippen LogP contribution is 2.31. The van der Waals surface area contributed by atoms with Gasteiger partial charge in [0.05, 0.1) is 0 Å². The fourth-order valence-corrected chi connectivity index (χ4v) is 2.48. The fraction of sp³-hybridized carbons (Fsp3) is 0.818. The first kappa shape index (κ1) is 10.6. The van der Waals surface area contributed by atoms with Crippen molar-refractivity contribution in [3.63, 3.8) is 0 Å². The molecule has 4 nitrogen and oxygen atoms in total. The second kappa shape index (κ2) is 4.31. The number of hydrogen-bond donors (Lipinski definition) is 1. The van der Waals surface area contributed by atoms with Gasteiger partial charge < -0.3 is 5.73 Å². The van der Waals surface area contributed by atoms with Gasteiger partial charge in [-0.05, 0) is 31.1 Å². The Kier molecular flexibility index (Phi) is 3.05. The fourth-order valence-electron chi connectivity index (χ4n) is 2.48. The van der Waals surface area contributed by atoms with Crippen LogP contribution in [-0.2, 0) is 13.5 Å². The Bertz CT molecular complexity index is 320. The first-order valence-corrected chi connectivity index (χ1v) is 5.75. The molecule has 2 rings (SSSR count). The maximum Gasteiger partial charge on any atom is 0.138 e. The van der Waals surface area contributed by atoms with Crippen molar-refractivity contribution in [1.82, 2.24) is 14.8 Å². The van der Waals surface area contributed by atoms with E-state index in [4.69, 9.17) is 5.73 Å². The average molecular weight is 208 g/mol. The van der Waals surface area contributed by atoms with Crippen LogP contribution in [0.5, 0.6) is 0 Å². The molecular formula is C11H20N4. The van der Waals surface area contributed by atoms with Gasteiger partial charge in [0.15, 0.2) is 0 Å². The molecule has 1 fully saturated rings. The van der Waals surface area contributed by atoms with Gasteiger partial charge >= 0.3 is 0 Å². The zero-order chi connectivity index (χ0) is 10.8. The van der Waals surface area contributed by atoms with Gasteiger partial charge in [0.1, 0.15) is 12.2 Å². The first-order valence-electron chi connectivity index (χ1n) is 5.75. The molecule has 1 aliphatic carbocycles. The second-order valence-corrected chi connectivity index (χ2v) is 4.81. The lowest BCUT2D eigenvalue weighted by Crippen LogP contribution is -2.33. The van der Waals surface area contributed by atoms with E-state index in [1.807, 2.05) is 11.7 Å². The Morgan fingerprint density at radius 1 is 1.53 bits per heavy atom. The minimum atomic E-state index is 0.388. The molecule has 3 atom stereocenters. The molecule has 2 N–H and O–H groups in total. The third-order valence-corrected chi connectivity index (χ3v) is 3.65. The van der Waals surface area contributed by atoms with Crippen LogP contribution in [-0.4, -0.2) is 20.8 Å². The summed E-state index contributed by atoms with van der Waals surface area (Å²) in [5, 5.41) is 4.10. The van der Waals surface area contributed by atoms with Crippen molar-refractivity contribution in [2.45, 2.75) is 38.6 Å². The summed E-state index contributed by atoms with van der Waals surface area (Å²) in [6.45, 7) is 2.33. The standard InChI is InChI=1S/C11H20N4/c1-8-3-4-10(12)5-9(8)6-11-13-7-14-15(11)2/h7-10H,3-6,12H2,1-2H3. The van der Waals surface area contributed by atoms with Crippen LogP contribution in [0, 0.1) is 11.8 Å². The van der Waals surface area contributed by atoms with Gasteiger partial charge in [0, 0.05) is 19.5 Å². The second-order valence-electron chi connectivity index (χ2n) is 4.81. The van der Waals surface area contributed by atoms with Crippen LogP contribution in [0.1, 0.15) is 32.0 Å². The summed E-state index contributed by atoms with van der Waals surface area (Å²) < 4.78 is 1.87. The smallest absolute Gasteiger partial charge is 0.138 e. The summed E-state index contributed by atoms with van der Waals surface area (Å²) in [4.78, 5) is 4.28. The highest BCUT2D eigenvalue weighted by molar-refractivity contribution is 4.91. The molecule has 0 aliphatic heterocycles. The zero-order valence-electron chi connectivity index (χ0n) is 9.56. The van der Waals surface area contributed by atoms with Gasteiger partial charge in [0.2, 0.25) is 0 Å². The highest BCUT2D eigenvalue weighted by Gasteiger charge is 2.26. The van der Waals surface area contributed by atoms with Crippen molar-refractivity contribution in [1.29, 1.82) is 0 Å². The van der Waals surface area contributed by atoms with E-state index in [2.05, 4.69) is 17.0 Å². The summed E-state index contributed by atoms with van der Waals surface area (Å²) in [6.07, 6.45) is 6.21. The lowest BCUT2D eigenvalue weighted by Gasteiger charge is -2.32. The summed E-state index contributed by atoms with van der Waals surface area (Å²) in [7, 11) is 1.95. The molecule has 1 heterocycles. The van der Waals surface area contributed by atoms with Crippen molar-refractivity contribution in [3.8, 4) is 0 Å². The molecule has 15 heavy (non-hydrogen) atoms. The number of aryl methyl sites for hydroxylation is 1. The Morgan fingerprint density at radius 2 is 2.33 bits per heavy atom. The van der Waals surface area contributed by atoms with Crippen molar-refractivity contribution in [2.75, 3.05) is 0 Å². The normalized spacial score (nSPS) is 31.8. The summed E-state index contributed by atoms with van der Waals surface area (Å²) >= 11 is 0. The van der Waals surface area contributed by atoms with Gasteiger partial charge in [0.25, 0.3) is 0 Å². The Hall–Kier alpha value is -0.900. The summed E-state index contributed by atoms with van der Waals surface area (Å²) in [6, 6.07) is 0.388. The molecule has 1 aliphatic rings. The highest BCUT2D eigenvalue weighted by atomic mass is 15.3. The topological polar surface area (TPSA) is 56.7 Å². The van der Waals surface area contributed by atoms with E-state index in [9.17, 15) is 0 Å². The van der Waals surface area contributed by atoms with E-state index < -0.39 is 0 Å². The molecule has 0 aromatic carbocycles. The molecule has 0 saturated heterocycles. The molecule has 0 radical (unpaired) electrons. The molecule has 1 aromatic rings. The molecule has 0 spiro atoms. The number of aromatic nitrogens is 3. The SMILES string of the molecule is CC1CCC(N)CC1Cc1ncnn1C. The van der Waals surface area contributed by atoms with Crippen LogP contribution in [0.15, 0.2) is 6.33 Å². The van der Waals surface area contributed by atoms with Crippen molar-refractivity contribution >= 4 is 0 Å².